The average Bonchev–Trinajstić information content (AvgIpc) is 3.06. The Bertz CT molecular complexity index is 800. The Kier molecular flexibility index (Phi) is 3.28. The van der Waals surface area contributed by atoms with Crippen molar-refractivity contribution in [1.29, 1.82) is 0 Å². The molecule has 120 valence electrons. The van der Waals surface area contributed by atoms with Gasteiger partial charge in [-0.2, -0.15) is 4.98 Å². The van der Waals surface area contributed by atoms with Gasteiger partial charge in [-0.15, -0.1) is 0 Å². The normalized spacial score (nSPS) is 18.9. The number of hydrogen-bond donors (Lipinski definition) is 1. The molecule has 0 amide bonds. The molecule has 1 atom stereocenters. The molecular weight excluding hydrogens is 302 g/mol. The van der Waals surface area contributed by atoms with Crippen LogP contribution in [0.3, 0.4) is 0 Å². The van der Waals surface area contributed by atoms with Crippen LogP contribution in [0.25, 0.3) is 0 Å². The van der Waals surface area contributed by atoms with Crippen molar-refractivity contribution in [3.05, 3.63) is 51.9 Å². The first kappa shape index (κ1) is 14.2. The van der Waals surface area contributed by atoms with Gasteiger partial charge in [0.25, 0.3) is 0 Å². The van der Waals surface area contributed by atoms with Crippen LogP contribution in [0.5, 0.6) is 0 Å². The molecule has 5 nitrogen and oxygen atoms in total. The van der Waals surface area contributed by atoms with E-state index in [0.29, 0.717) is 24.0 Å². The van der Waals surface area contributed by atoms with Gasteiger partial charge in [-0.3, -0.25) is 4.57 Å². The van der Waals surface area contributed by atoms with Crippen LogP contribution in [0.4, 0.5) is 20.4 Å². The summed E-state index contributed by atoms with van der Waals surface area (Å²) < 4.78 is 28.1. The molecule has 2 aliphatic heterocycles. The molecule has 1 aromatic carbocycles. The van der Waals surface area contributed by atoms with E-state index < -0.39 is 11.6 Å². The summed E-state index contributed by atoms with van der Waals surface area (Å²) in [6.07, 6.45) is 2.22. The third-order valence-electron chi connectivity index (χ3n) is 4.45. The van der Waals surface area contributed by atoms with Crippen molar-refractivity contribution < 1.29 is 8.78 Å². The number of nitrogens with one attached hydrogen (secondary N) is 1. The lowest BCUT2D eigenvalue weighted by Crippen LogP contribution is -2.24. The van der Waals surface area contributed by atoms with Crippen molar-refractivity contribution in [1.82, 2.24) is 9.55 Å². The second kappa shape index (κ2) is 5.33. The number of aromatic nitrogens is 2. The van der Waals surface area contributed by atoms with E-state index >= 15 is 0 Å². The van der Waals surface area contributed by atoms with Gasteiger partial charge in [0.05, 0.1) is 0 Å². The van der Waals surface area contributed by atoms with E-state index in [9.17, 15) is 13.6 Å². The first-order chi connectivity index (χ1) is 11.1. The zero-order valence-electron chi connectivity index (χ0n) is 12.4. The van der Waals surface area contributed by atoms with Crippen LogP contribution in [-0.2, 0) is 13.1 Å². The van der Waals surface area contributed by atoms with E-state index in [1.807, 2.05) is 6.07 Å². The van der Waals surface area contributed by atoms with Gasteiger partial charge < -0.3 is 10.2 Å². The average molecular weight is 318 g/mol. The van der Waals surface area contributed by atoms with Crippen LogP contribution in [0.15, 0.2) is 29.1 Å². The van der Waals surface area contributed by atoms with Gasteiger partial charge in [-0.1, -0.05) is 0 Å². The molecule has 0 saturated carbocycles. The Balaban J connectivity index is 1.57. The van der Waals surface area contributed by atoms with Crippen LogP contribution in [0, 0.1) is 11.6 Å². The Morgan fingerprint density at radius 3 is 2.78 bits per heavy atom. The Labute approximate surface area is 131 Å². The summed E-state index contributed by atoms with van der Waals surface area (Å²) in [6.45, 7) is 1.84. The lowest BCUT2D eigenvalue weighted by molar-refractivity contribution is 0.580. The second-order valence-corrected chi connectivity index (χ2v) is 6.01. The highest BCUT2D eigenvalue weighted by atomic mass is 19.1. The van der Waals surface area contributed by atoms with Crippen LogP contribution in [0.2, 0.25) is 0 Å². The summed E-state index contributed by atoms with van der Waals surface area (Å²) in [7, 11) is 0. The van der Waals surface area contributed by atoms with E-state index in [-0.39, 0.29) is 12.2 Å². The van der Waals surface area contributed by atoms with E-state index in [2.05, 4.69) is 15.2 Å². The van der Waals surface area contributed by atoms with Crippen LogP contribution < -0.4 is 15.9 Å². The highest BCUT2D eigenvalue weighted by Gasteiger charge is 2.34. The molecule has 1 aromatic heterocycles. The molecule has 3 heterocycles. The van der Waals surface area contributed by atoms with E-state index in [1.165, 1.54) is 12.1 Å². The molecule has 0 radical (unpaired) electrons. The van der Waals surface area contributed by atoms with Gasteiger partial charge in [0, 0.05) is 37.8 Å². The van der Waals surface area contributed by atoms with Crippen molar-refractivity contribution >= 4 is 11.6 Å². The van der Waals surface area contributed by atoms with Crippen LogP contribution in [-0.4, -0.2) is 22.1 Å². The number of benzene rings is 1. The fourth-order valence-corrected chi connectivity index (χ4v) is 3.44. The Morgan fingerprint density at radius 2 is 2.00 bits per heavy atom. The summed E-state index contributed by atoms with van der Waals surface area (Å²) in [5.74, 6) is 0.0614. The smallest absolute Gasteiger partial charge is 0.351 e. The van der Waals surface area contributed by atoms with Gasteiger partial charge >= 0.3 is 5.69 Å². The molecule has 1 N–H and O–H groups in total. The summed E-state index contributed by atoms with van der Waals surface area (Å²) in [6, 6.07) is 5.57. The van der Waals surface area contributed by atoms with Crippen molar-refractivity contribution in [3.63, 3.8) is 0 Å². The number of fused-ring (bicyclic) bond motifs is 3. The fourth-order valence-electron chi connectivity index (χ4n) is 3.44. The zero-order chi connectivity index (χ0) is 16.0. The molecule has 4 rings (SSSR count). The van der Waals surface area contributed by atoms with Crippen molar-refractivity contribution in [2.75, 3.05) is 16.8 Å². The van der Waals surface area contributed by atoms with Crippen LogP contribution >= 0.6 is 0 Å². The molecule has 1 saturated heterocycles. The number of rotatable bonds is 3. The molecule has 0 unspecified atom stereocenters. The highest BCUT2D eigenvalue weighted by Crippen LogP contribution is 2.32. The molecular formula is C16H16F2N4O. The van der Waals surface area contributed by atoms with E-state index in [0.717, 1.165) is 31.3 Å². The lowest BCUT2D eigenvalue weighted by Gasteiger charge is -2.17. The summed E-state index contributed by atoms with van der Waals surface area (Å²) >= 11 is 0. The molecule has 7 heteroatoms. The van der Waals surface area contributed by atoms with Crippen LogP contribution in [0.1, 0.15) is 18.4 Å². The van der Waals surface area contributed by atoms with Gasteiger partial charge in [0.1, 0.15) is 23.3 Å². The zero-order valence-corrected chi connectivity index (χ0v) is 12.4. The monoisotopic (exact) mass is 318 g/mol. The lowest BCUT2D eigenvalue weighted by atomic mass is 10.2. The summed E-state index contributed by atoms with van der Waals surface area (Å²) in [5, 5.41) is 2.98. The topological polar surface area (TPSA) is 50.2 Å². The number of anilines is 2. The quantitative estimate of drug-likeness (QED) is 0.942. The predicted molar refractivity (Wildman–Crippen MR) is 82.5 cm³/mol. The maximum absolute atomic E-state index is 13.2. The van der Waals surface area contributed by atoms with Gasteiger partial charge in [0.2, 0.25) is 0 Å². The molecule has 2 aliphatic rings. The SMILES string of the molecule is O=c1nc(NCc2cc(F)cc(F)c2)cc2n1C[C@H]1CCCN21. The highest BCUT2D eigenvalue weighted by molar-refractivity contribution is 5.53. The Morgan fingerprint density at radius 1 is 1.22 bits per heavy atom. The molecule has 0 spiro atoms. The van der Waals surface area contributed by atoms with Crippen molar-refractivity contribution in [3.8, 4) is 0 Å². The van der Waals surface area contributed by atoms with E-state index in [4.69, 9.17) is 0 Å². The van der Waals surface area contributed by atoms with Gasteiger partial charge in [0.15, 0.2) is 0 Å². The second-order valence-electron chi connectivity index (χ2n) is 6.01. The number of nitrogens with zero attached hydrogens (tertiary/aromatic N) is 3. The maximum atomic E-state index is 13.2. The fraction of sp³-hybridized carbons (Fsp3) is 0.375. The molecule has 0 aliphatic carbocycles. The number of halogens is 2. The summed E-state index contributed by atoms with van der Waals surface area (Å²) in [4.78, 5) is 18.4. The first-order valence-corrected chi connectivity index (χ1v) is 7.67. The predicted octanol–water partition coefficient (Wildman–Crippen LogP) is 2.12. The minimum absolute atomic E-state index is 0.202. The third kappa shape index (κ3) is 2.56. The van der Waals surface area contributed by atoms with E-state index in [1.54, 1.807) is 4.57 Å². The number of hydrogen-bond acceptors (Lipinski definition) is 4. The summed E-state index contributed by atoms with van der Waals surface area (Å²) in [5.41, 5.74) is 0.175. The molecule has 0 bridgehead atoms. The molecule has 2 aromatic rings. The third-order valence-corrected chi connectivity index (χ3v) is 4.45. The largest absolute Gasteiger partial charge is 0.366 e. The van der Waals surface area contributed by atoms with Gasteiger partial charge in [-0.05, 0) is 30.5 Å². The maximum Gasteiger partial charge on any atom is 0.351 e. The molecule has 23 heavy (non-hydrogen) atoms. The molecule has 1 fully saturated rings. The minimum atomic E-state index is -0.622. The van der Waals surface area contributed by atoms with Crippen molar-refractivity contribution in [2.24, 2.45) is 0 Å². The van der Waals surface area contributed by atoms with Gasteiger partial charge in [-0.25, -0.2) is 13.6 Å². The van der Waals surface area contributed by atoms with Crippen molar-refractivity contribution in [2.45, 2.75) is 32.0 Å². The first-order valence-electron chi connectivity index (χ1n) is 7.67. The standard InChI is InChI=1S/C16H16F2N4O/c17-11-4-10(5-12(18)6-11)8-19-14-7-15-21-3-1-2-13(21)9-22(15)16(23)20-14/h4-7,13H,1-3,8-9H2,(H,19,20,23)/t13-/m1/s1. The minimum Gasteiger partial charge on any atom is -0.366 e. The Hall–Kier alpha value is -2.44.